The van der Waals surface area contributed by atoms with Crippen molar-refractivity contribution in [3.8, 4) is 0 Å². The number of methoxy groups -OCH3 is 1. The average molecular weight is 208 g/mol. The zero-order chi connectivity index (χ0) is 11.5. The molecule has 0 spiro atoms. The van der Waals surface area contributed by atoms with Crippen LogP contribution in [-0.4, -0.2) is 18.8 Å². The molecule has 15 heavy (non-hydrogen) atoms. The van der Waals surface area contributed by atoms with E-state index in [4.69, 9.17) is 4.74 Å². The van der Waals surface area contributed by atoms with E-state index in [1.54, 1.807) is 7.11 Å². The van der Waals surface area contributed by atoms with Gasteiger partial charge >= 0.3 is 0 Å². The van der Waals surface area contributed by atoms with E-state index in [1.807, 2.05) is 32.9 Å². The highest BCUT2D eigenvalue weighted by molar-refractivity contribution is 5.34. The summed E-state index contributed by atoms with van der Waals surface area (Å²) < 4.78 is 5.33. The van der Waals surface area contributed by atoms with Crippen molar-refractivity contribution in [3.63, 3.8) is 0 Å². The van der Waals surface area contributed by atoms with Gasteiger partial charge in [-0.1, -0.05) is 38.1 Å². The molecule has 0 aliphatic heterocycles. The molecule has 0 aliphatic carbocycles. The van der Waals surface area contributed by atoms with Gasteiger partial charge in [0.05, 0.1) is 12.7 Å². The van der Waals surface area contributed by atoms with Crippen molar-refractivity contribution in [1.82, 2.24) is 0 Å². The molecule has 1 N–H and O–H groups in total. The van der Waals surface area contributed by atoms with Crippen LogP contribution in [0.2, 0.25) is 0 Å². The van der Waals surface area contributed by atoms with Crippen LogP contribution in [0.1, 0.15) is 38.0 Å². The molecule has 1 rings (SSSR count). The summed E-state index contributed by atoms with van der Waals surface area (Å²) in [6, 6.07) is 8.11. The minimum atomic E-state index is -0.219. The molecule has 0 heterocycles. The lowest BCUT2D eigenvalue weighted by atomic mass is 9.81. The van der Waals surface area contributed by atoms with Gasteiger partial charge in [-0.2, -0.15) is 0 Å². The van der Waals surface area contributed by atoms with Gasteiger partial charge in [-0.25, -0.2) is 0 Å². The van der Waals surface area contributed by atoms with Crippen LogP contribution in [0.3, 0.4) is 0 Å². The van der Waals surface area contributed by atoms with E-state index in [2.05, 4.69) is 12.1 Å². The quantitative estimate of drug-likeness (QED) is 0.824. The van der Waals surface area contributed by atoms with Crippen LogP contribution in [0, 0.1) is 0 Å². The Kier molecular flexibility index (Phi) is 3.89. The Labute approximate surface area is 91.9 Å². The molecule has 1 aromatic rings. The van der Waals surface area contributed by atoms with Gasteiger partial charge < -0.3 is 9.84 Å². The molecule has 1 aromatic carbocycles. The van der Waals surface area contributed by atoms with Crippen molar-refractivity contribution in [2.45, 2.75) is 32.3 Å². The normalized spacial score (nSPS) is 13.9. The zero-order valence-corrected chi connectivity index (χ0v) is 9.95. The van der Waals surface area contributed by atoms with Crippen LogP contribution in [0.25, 0.3) is 0 Å². The standard InChI is InChI=1S/C13H20O2/c1-10(15-4)11-7-5-6-8-12(11)13(2,3)9-14/h5-8,10,14H,9H2,1-4H3. The minimum Gasteiger partial charge on any atom is -0.395 e. The first-order valence-corrected chi connectivity index (χ1v) is 5.26. The zero-order valence-electron chi connectivity index (χ0n) is 9.95. The largest absolute Gasteiger partial charge is 0.395 e. The second-order valence-electron chi connectivity index (χ2n) is 4.51. The Bertz CT molecular complexity index is 318. The lowest BCUT2D eigenvalue weighted by Crippen LogP contribution is -2.24. The Morgan fingerprint density at radius 3 is 2.47 bits per heavy atom. The van der Waals surface area contributed by atoms with Crippen molar-refractivity contribution in [2.24, 2.45) is 0 Å². The number of benzene rings is 1. The first-order valence-electron chi connectivity index (χ1n) is 5.26. The lowest BCUT2D eigenvalue weighted by Gasteiger charge is -2.27. The Hall–Kier alpha value is -0.860. The van der Waals surface area contributed by atoms with Gasteiger partial charge in [0.1, 0.15) is 0 Å². The Morgan fingerprint density at radius 1 is 1.33 bits per heavy atom. The summed E-state index contributed by atoms with van der Waals surface area (Å²) >= 11 is 0. The fraction of sp³-hybridized carbons (Fsp3) is 0.538. The number of aliphatic hydroxyl groups is 1. The highest BCUT2D eigenvalue weighted by Crippen LogP contribution is 2.30. The Balaban J connectivity index is 3.17. The Morgan fingerprint density at radius 2 is 1.93 bits per heavy atom. The van der Waals surface area contributed by atoms with Gasteiger partial charge in [0.15, 0.2) is 0 Å². The average Bonchev–Trinajstić information content (AvgIpc) is 2.28. The molecular weight excluding hydrogens is 188 g/mol. The summed E-state index contributed by atoms with van der Waals surface area (Å²) in [5.41, 5.74) is 2.09. The molecule has 0 aliphatic rings. The molecular formula is C13H20O2. The maximum absolute atomic E-state index is 9.39. The highest BCUT2D eigenvalue weighted by Gasteiger charge is 2.24. The fourth-order valence-electron chi connectivity index (χ4n) is 1.68. The topological polar surface area (TPSA) is 29.5 Å². The molecule has 0 bridgehead atoms. The second-order valence-corrected chi connectivity index (χ2v) is 4.51. The van der Waals surface area contributed by atoms with Gasteiger partial charge in [-0.15, -0.1) is 0 Å². The summed E-state index contributed by atoms with van der Waals surface area (Å²) in [6.07, 6.45) is 0.0621. The van der Waals surface area contributed by atoms with Gasteiger partial charge in [0, 0.05) is 12.5 Å². The van der Waals surface area contributed by atoms with E-state index in [9.17, 15) is 5.11 Å². The van der Waals surface area contributed by atoms with E-state index >= 15 is 0 Å². The van der Waals surface area contributed by atoms with E-state index in [-0.39, 0.29) is 18.1 Å². The first kappa shape index (κ1) is 12.2. The molecule has 1 atom stereocenters. The first-order chi connectivity index (χ1) is 7.03. The van der Waals surface area contributed by atoms with Gasteiger partial charge in [-0.3, -0.25) is 0 Å². The fourth-order valence-corrected chi connectivity index (χ4v) is 1.68. The summed E-state index contributed by atoms with van der Waals surface area (Å²) in [7, 11) is 1.70. The van der Waals surface area contributed by atoms with Gasteiger partial charge in [0.2, 0.25) is 0 Å². The molecule has 0 saturated carbocycles. The third kappa shape index (κ3) is 2.58. The molecule has 0 fully saturated rings. The van der Waals surface area contributed by atoms with E-state index in [0.717, 1.165) is 11.1 Å². The SMILES string of the molecule is COC(C)c1ccccc1C(C)(C)CO. The number of hydrogen-bond donors (Lipinski definition) is 1. The van der Waals surface area contributed by atoms with Crippen LogP contribution in [0.5, 0.6) is 0 Å². The van der Waals surface area contributed by atoms with Crippen LogP contribution < -0.4 is 0 Å². The monoisotopic (exact) mass is 208 g/mol. The van der Waals surface area contributed by atoms with Crippen LogP contribution >= 0.6 is 0 Å². The number of hydrogen-bond acceptors (Lipinski definition) is 2. The molecule has 0 radical (unpaired) electrons. The molecule has 84 valence electrons. The molecule has 0 aromatic heterocycles. The van der Waals surface area contributed by atoms with Crippen molar-refractivity contribution < 1.29 is 9.84 Å². The lowest BCUT2D eigenvalue weighted by molar-refractivity contribution is 0.116. The second kappa shape index (κ2) is 4.77. The third-order valence-electron chi connectivity index (χ3n) is 2.88. The van der Waals surface area contributed by atoms with E-state index < -0.39 is 0 Å². The van der Waals surface area contributed by atoms with Crippen LogP contribution in [-0.2, 0) is 10.2 Å². The van der Waals surface area contributed by atoms with E-state index in [0.29, 0.717) is 0 Å². The number of rotatable bonds is 4. The molecule has 2 heteroatoms. The van der Waals surface area contributed by atoms with Crippen molar-refractivity contribution >= 4 is 0 Å². The summed E-state index contributed by atoms with van der Waals surface area (Å²) in [5, 5.41) is 9.39. The third-order valence-corrected chi connectivity index (χ3v) is 2.88. The number of ether oxygens (including phenoxy) is 1. The molecule has 0 saturated heterocycles. The summed E-state index contributed by atoms with van der Waals surface area (Å²) in [4.78, 5) is 0. The van der Waals surface area contributed by atoms with Crippen LogP contribution in [0.4, 0.5) is 0 Å². The van der Waals surface area contributed by atoms with Crippen molar-refractivity contribution in [3.05, 3.63) is 35.4 Å². The maximum Gasteiger partial charge on any atom is 0.0795 e. The summed E-state index contributed by atoms with van der Waals surface area (Å²) in [5.74, 6) is 0. The highest BCUT2D eigenvalue weighted by atomic mass is 16.5. The molecule has 1 unspecified atom stereocenters. The maximum atomic E-state index is 9.39. The number of aliphatic hydroxyl groups excluding tert-OH is 1. The molecule has 2 nitrogen and oxygen atoms in total. The predicted octanol–water partition coefficient (Wildman–Crippen LogP) is 2.66. The smallest absolute Gasteiger partial charge is 0.0795 e. The minimum absolute atomic E-state index is 0.0621. The van der Waals surface area contributed by atoms with Gasteiger partial charge in [0.25, 0.3) is 0 Å². The summed E-state index contributed by atoms with van der Waals surface area (Å²) in [6.45, 7) is 6.23. The predicted molar refractivity (Wildman–Crippen MR) is 62.0 cm³/mol. The van der Waals surface area contributed by atoms with Gasteiger partial charge in [-0.05, 0) is 18.1 Å². The van der Waals surface area contributed by atoms with Crippen molar-refractivity contribution in [1.29, 1.82) is 0 Å². The van der Waals surface area contributed by atoms with Crippen LogP contribution in [0.15, 0.2) is 24.3 Å². The van der Waals surface area contributed by atoms with E-state index in [1.165, 1.54) is 0 Å². The molecule has 0 amide bonds. The van der Waals surface area contributed by atoms with Crippen molar-refractivity contribution in [2.75, 3.05) is 13.7 Å².